The molecule has 1 aromatic carbocycles. The monoisotopic (exact) mass is 469 g/mol. The summed E-state index contributed by atoms with van der Waals surface area (Å²) >= 11 is 0. The van der Waals surface area contributed by atoms with E-state index in [1.165, 1.54) is 22.5 Å². The van der Waals surface area contributed by atoms with Gasteiger partial charge in [-0.2, -0.15) is 4.31 Å². The van der Waals surface area contributed by atoms with E-state index in [0.29, 0.717) is 32.7 Å². The molecule has 0 aromatic heterocycles. The van der Waals surface area contributed by atoms with Crippen molar-refractivity contribution in [3.05, 3.63) is 29.8 Å². The topological polar surface area (TPSA) is 105 Å². The quantitative estimate of drug-likeness (QED) is 0.384. The molecular formula is C23H39N3O5S. The standard InChI is InChI=1S/C23H39N3O5S/c1-6-9-15-31-16-11-14-24-23(28)21(18(4)5)25-22(27)19-12-10-13-20(17-19)32(29,30)26(7-2)8-3/h10,12-13,17-18,21H,6-9,11,14-16H2,1-5H3,(H,24,28)(H,25,27)/t21-/m0/s1. The molecule has 0 aliphatic heterocycles. The Bertz CT molecular complexity index is 823. The van der Waals surface area contributed by atoms with Gasteiger partial charge in [-0.15, -0.1) is 0 Å². The van der Waals surface area contributed by atoms with Gasteiger partial charge >= 0.3 is 0 Å². The van der Waals surface area contributed by atoms with Crippen molar-refractivity contribution in [2.24, 2.45) is 5.92 Å². The summed E-state index contributed by atoms with van der Waals surface area (Å²) in [6.07, 6.45) is 2.79. The van der Waals surface area contributed by atoms with Gasteiger partial charge in [-0.05, 0) is 37.0 Å². The van der Waals surface area contributed by atoms with Crippen molar-refractivity contribution in [1.82, 2.24) is 14.9 Å². The summed E-state index contributed by atoms with van der Waals surface area (Å²) in [7, 11) is -3.68. The van der Waals surface area contributed by atoms with Gasteiger partial charge in [0.25, 0.3) is 5.91 Å². The number of ether oxygens (including phenoxy) is 1. The van der Waals surface area contributed by atoms with Gasteiger partial charge in [-0.3, -0.25) is 9.59 Å². The number of hydrogen-bond donors (Lipinski definition) is 2. The van der Waals surface area contributed by atoms with Crippen LogP contribution in [0.4, 0.5) is 0 Å². The molecule has 0 spiro atoms. The molecule has 0 radical (unpaired) electrons. The molecule has 0 unspecified atom stereocenters. The lowest BCUT2D eigenvalue weighted by Gasteiger charge is -2.22. The van der Waals surface area contributed by atoms with Crippen LogP contribution in [0.1, 0.15) is 64.2 Å². The third kappa shape index (κ3) is 8.52. The summed E-state index contributed by atoms with van der Waals surface area (Å²) < 4.78 is 32.3. The number of sulfonamides is 1. The fraction of sp³-hybridized carbons (Fsp3) is 0.652. The number of carbonyl (C=O) groups excluding carboxylic acids is 2. The summed E-state index contributed by atoms with van der Waals surface area (Å²) in [6.45, 7) is 11.8. The van der Waals surface area contributed by atoms with Crippen LogP contribution in [0.25, 0.3) is 0 Å². The van der Waals surface area contributed by atoms with Crippen LogP contribution < -0.4 is 10.6 Å². The zero-order chi connectivity index (χ0) is 24.1. The average molecular weight is 470 g/mol. The molecule has 32 heavy (non-hydrogen) atoms. The van der Waals surface area contributed by atoms with Crippen LogP contribution in [-0.2, 0) is 19.6 Å². The van der Waals surface area contributed by atoms with E-state index in [4.69, 9.17) is 4.74 Å². The van der Waals surface area contributed by atoms with Gasteiger partial charge in [0.15, 0.2) is 0 Å². The van der Waals surface area contributed by atoms with Crippen LogP contribution in [0.2, 0.25) is 0 Å². The Hall–Kier alpha value is -1.97. The minimum Gasteiger partial charge on any atom is -0.381 e. The van der Waals surface area contributed by atoms with Crippen molar-refractivity contribution in [3.63, 3.8) is 0 Å². The molecule has 1 aromatic rings. The zero-order valence-corrected chi connectivity index (χ0v) is 20.8. The number of carbonyl (C=O) groups is 2. The first kappa shape index (κ1) is 28.1. The van der Waals surface area contributed by atoms with Gasteiger partial charge < -0.3 is 15.4 Å². The predicted octanol–water partition coefficient (Wildman–Crippen LogP) is 2.79. The molecule has 0 bridgehead atoms. The summed E-state index contributed by atoms with van der Waals surface area (Å²) in [4.78, 5) is 25.5. The second-order valence-electron chi connectivity index (χ2n) is 7.92. The van der Waals surface area contributed by atoms with E-state index in [-0.39, 0.29) is 22.3 Å². The number of rotatable bonds is 15. The van der Waals surface area contributed by atoms with Crippen LogP contribution in [-0.4, -0.2) is 63.4 Å². The van der Waals surface area contributed by atoms with Crippen molar-refractivity contribution in [2.75, 3.05) is 32.8 Å². The van der Waals surface area contributed by atoms with Crippen LogP contribution in [0.5, 0.6) is 0 Å². The molecule has 0 saturated carbocycles. The fourth-order valence-corrected chi connectivity index (χ4v) is 4.62. The maximum atomic E-state index is 12.8. The highest BCUT2D eigenvalue weighted by molar-refractivity contribution is 7.89. The van der Waals surface area contributed by atoms with Crippen molar-refractivity contribution in [3.8, 4) is 0 Å². The van der Waals surface area contributed by atoms with Gasteiger partial charge in [-0.25, -0.2) is 8.42 Å². The smallest absolute Gasteiger partial charge is 0.251 e. The molecule has 2 amide bonds. The lowest BCUT2D eigenvalue weighted by Crippen LogP contribution is -2.50. The number of benzene rings is 1. The summed E-state index contributed by atoms with van der Waals surface area (Å²) in [5.74, 6) is -0.894. The molecule has 0 fully saturated rings. The normalized spacial score (nSPS) is 12.7. The number of amides is 2. The number of unbranched alkanes of at least 4 members (excludes halogenated alkanes) is 1. The minimum absolute atomic E-state index is 0.0578. The lowest BCUT2D eigenvalue weighted by molar-refractivity contribution is -0.124. The van der Waals surface area contributed by atoms with Gasteiger partial charge in [0.05, 0.1) is 4.90 Å². The van der Waals surface area contributed by atoms with Crippen LogP contribution in [0, 0.1) is 5.92 Å². The van der Waals surface area contributed by atoms with Gasteiger partial charge in [0.2, 0.25) is 15.9 Å². The van der Waals surface area contributed by atoms with E-state index in [9.17, 15) is 18.0 Å². The Morgan fingerprint density at radius 1 is 1.06 bits per heavy atom. The Balaban J connectivity index is 2.77. The van der Waals surface area contributed by atoms with Crippen molar-refractivity contribution < 1.29 is 22.7 Å². The molecule has 8 nitrogen and oxygen atoms in total. The van der Waals surface area contributed by atoms with Gasteiger partial charge in [0.1, 0.15) is 6.04 Å². The van der Waals surface area contributed by atoms with E-state index >= 15 is 0 Å². The van der Waals surface area contributed by atoms with E-state index < -0.39 is 22.0 Å². The third-order valence-corrected chi connectivity index (χ3v) is 7.13. The van der Waals surface area contributed by atoms with Crippen LogP contribution in [0.15, 0.2) is 29.2 Å². The Morgan fingerprint density at radius 2 is 1.72 bits per heavy atom. The third-order valence-electron chi connectivity index (χ3n) is 5.08. The molecule has 2 N–H and O–H groups in total. The van der Waals surface area contributed by atoms with Crippen molar-refractivity contribution >= 4 is 21.8 Å². The number of nitrogens with one attached hydrogen (secondary N) is 2. The van der Waals surface area contributed by atoms with E-state index in [0.717, 1.165) is 19.4 Å². The number of hydrogen-bond acceptors (Lipinski definition) is 5. The maximum Gasteiger partial charge on any atom is 0.251 e. The highest BCUT2D eigenvalue weighted by Crippen LogP contribution is 2.17. The second-order valence-corrected chi connectivity index (χ2v) is 9.86. The Labute approximate surface area is 193 Å². The molecule has 9 heteroatoms. The van der Waals surface area contributed by atoms with E-state index in [2.05, 4.69) is 17.6 Å². The Kier molecular flexibility index (Phi) is 12.5. The van der Waals surface area contributed by atoms with E-state index in [1.807, 2.05) is 13.8 Å². The van der Waals surface area contributed by atoms with Crippen molar-refractivity contribution in [2.45, 2.75) is 64.8 Å². The van der Waals surface area contributed by atoms with Crippen LogP contribution in [0.3, 0.4) is 0 Å². The van der Waals surface area contributed by atoms with Crippen molar-refractivity contribution in [1.29, 1.82) is 0 Å². The molecule has 0 heterocycles. The average Bonchev–Trinajstić information content (AvgIpc) is 2.77. The first-order valence-electron chi connectivity index (χ1n) is 11.4. The summed E-state index contributed by atoms with van der Waals surface area (Å²) in [6, 6.07) is 5.17. The van der Waals surface area contributed by atoms with Gasteiger partial charge in [-0.1, -0.05) is 47.1 Å². The Morgan fingerprint density at radius 3 is 2.31 bits per heavy atom. The second kappa shape index (κ2) is 14.2. The van der Waals surface area contributed by atoms with E-state index in [1.54, 1.807) is 19.9 Å². The molecule has 0 aliphatic rings. The largest absolute Gasteiger partial charge is 0.381 e. The maximum absolute atomic E-state index is 12.8. The highest BCUT2D eigenvalue weighted by Gasteiger charge is 2.26. The summed E-state index contributed by atoms with van der Waals surface area (Å²) in [5.41, 5.74) is 0.195. The number of nitrogens with zero attached hydrogens (tertiary/aromatic N) is 1. The molecule has 1 atom stereocenters. The lowest BCUT2D eigenvalue weighted by atomic mass is 10.0. The first-order valence-corrected chi connectivity index (χ1v) is 12.9. The predicted molar refractivity (Wildman–Crippen MR) is 126 cm³/mol. The molecule has 0 saturated heterocycles. The minimum atomic E-state index is -3.68. The first-order chi connectivity index (χ1) is 15.2. The SMILES string of the molecule is CCCCOCCCNC(=O)[C@@H](NC(=O)c1cccc(S(=O)(=O)N(CC)CC)c1)C(C)C. The molecule has 1 rings (SSSR count). The fourth-order valence-electron chi connectivity index (χ4n) is 3.11. The summed E-state index contributed by atoms with van der Waals surface area (Å²) in [5, 5.41) is 5.59. The van der Waals surface area contributed by atoms with Crippen LogP contribution >= 0.6 is 0 Å². The zero-order valence-electron chi connectivity index (χ0n) is 20.0. The highest BCUT2D eigenvalue weighted by atomic mass is 32.2. The molecular weight excluding hydrogens is 430 g/mol. The van der Waals surface area contributed by atoms with Gasteiger partial charge in [0, 0.05) is 38.4 Å². The molecule has 182 valence electrons. The molecule has 0 aliphatic carbocycles.